The number of fused-ring (bicyclic) bond motifs is 1. The summed E-state index contributed by atoms with van der Waals surface area (Å²) >= 11 is 1.51. The SMILES string of the molecule is Cc1ccccc1CNC(=O)CCS(=O)(=O)c1ccc2c(c1)NC(=O)CCS2. The molecule has 2 amide bonds. The Morgan fingerprint density at radius 2 is 2.00 bits per heavy atom. The summed E-state index contributed by atoms with van der Waals surface area (Å²) in [5.41, 5.74) is 2.58. The fourth-order valence-corrected chi connectivity index (χ4v) is 5.03. The van der Waals surface area contributed by atoms with Gasteiger partial charge in [0.05, 0.1) is 16.3 Å². The van der Waals surface area contributed by atoms with E-state index in [1.54, 1.807) is 6.07 Å². The van der Waals surface area contributed by atoms with Crippen LogP contribution in [0.2, 0.25) is 0 Å². The fourth-order valence-electron chi connectivity index (χ4n) is 2.83. The van der Waals surface area contributed by atoms with Gasteiger partial charge in [-0.1, -0.05) is 24.3 Å². The molecule has 3 rings (SSSR count). The van der Waals surface area contributed by atoms with Crippen molar-refractivity contribution in [2.24, 2.45) is 0 Å². The molecule has 0 saturated carbocycles. The van der Waals surface area contributed by atoms with Gasteiger partial charge >= 0.3 is 0 Å². The highest BCUT2D eigenvalue weighted by molar-refractivity contribution is 7.99. The van der Waals surface area contributed by atoms with Gasteiger partial charge in [0, 0.05) is 30.0 Å². The number of carbonyl (C=O) groups excluding carboxylic acids is 2. The number of nitrogens with one attached hydrogen (secondary N) is 2. The van der Waals surface area contributed by atoms with E-state index in [0.717, 1.165) is 16.0 Å². The van der Waals surface area contributed by atoms with Crippen molar-refractivity contribution in [2.75, 3.05) is 16.8 Å². The molecule has 0 saturated heterocycles. The lowest BCUT2D eigenvalue weighted by molar-refractivity contribution is -0.121. The summed E-state index contributed by atoms with van der Waals surface area (Å²) in [6, 6.07) is 12.4. The zero-order valence-corrected chi connectivity index (χ0v) is 17.2. The van der Waals surface area contributed by atoms with E-state index in [4.69, 9.17) is 0 Å². The Morgan fingerprint density at radius 3 is 2.79 bits per heavy atom. The van der Waals surface area contributed by atoms with Gasteiger partial charge in [-0.15, -0.1) is 11.8 Å². The van der Waals surface area contributed by atoms with Crippen molar-refractivity contribution in [3.8, 4) is 0 Å². The molecule has 6 nitrogen and oxygen atoms in total. The Hall–Kier alpha value is -2.32. The maximum Gasteiger partial charge on any atom is 0.225 e. The van der Waals surface area contributed by atoms with Crippen LogP contribution in [-0.2, 0) is 26.0 Å². The van der Waals surface area contributed by atoms with Crippen LogP contribution in [-0.4, -0.2) is 31.7 Å². The fraction of sp³-hybridized carbons (Fsp3) is 0.300. The molecule has 1 heterocycles. The largest absolute Gasteiger partial charge is 0.352 e. The van der Waals surface area contributed by atoms with Crippen LogP contribution < -0.4 is 10.6 Å². The first-order valence-corrected chi connectivity index (χ1v) is 11.6. The van der Waals surface area contributed by atoms with Gasteiger partial charge in [0.15, 0.2) is 9.84 Å². The minimum Gasteiger partial charge on any atom is -0.352 e. The molecule has 0 aliphatic carbocycles. The number of sulfone groups is 1. The minimum absolute atomic E-state index is 0.112. The molecule has 2 N–H and O–H groups in total. The monoisotopic (exact) mass is 418 g/mol. The maximum absolute atomic E-state index is 12.6. The van der Waals surface area contributed by atoms with Crippen LogP contribution in [0.5, 0.6) is 0 Å². The molecule has 0 aromatic heterocycles. The zero-order chi connectivity index (χ0) is 20.1. The van der Waals surface area contributed by atoms with Crippen molar-refractivity contribution in [1.82, 2.24) is 5.32 Å². The van der Waals surface area contributed by atoms with Gasteiger partial charge in [0.25, 0.3) is 0 Å². The van der Waals surface area contributed by atoms with Gasteiger partial charge in [-0.2, -0.15) is 0 Å². The minimum atomic E-state index is -3.63. The van der Waals surface area contributed by atoms with E-state index in [9.17, 15) is 18.0 Å². The Labute approximate surface area is 169 Å². The van der Waals surface area contributed by atoms with Crippen molar-refractivity contribution in [3.63, 3.8) is 0 Å². The molecule has 0 spiro atoms. The summed E-state index contributed by atoms with van der Waals surface area (Å²) in [7, 11) is -3.63. The maximum atomic E-state index is 12.6. The number of aryl methyl sites for hydroxylation is 1. The smallest absolute Gasteiger partial charge is 0.225 e. The number of anilines is 1. The van der Waals surface area contributed by atoms with Crippen molar-refractivity contribution < 1.29 is 18.0 Å². The molecule has 0 radical (unpaired) electrons. The Balaban J connectivity index is 1.61. The van der Waals surface area contributed by atoms with Crippen LogP contribution in [0.3, 0.4) is 0 Å². The molecule has 8 heteroatoms. The van der Waals surface area contributed by atoms with Gasteiger partial charge in [-0.3, -0.25) is 9.59 Å². The number of carbonyl (C=O) groups is 2. The van der Waals surface area contributed by atoms with Crippen LogP contribution in [0.25, 0.3) is 0 Å². The summed E-state index contributed by atoms with van der Waals surface area (Å²) in [4.78, 5) is 24.8. The zero-order valence-electron chi connectivity index (χ0n) is 15.5. The predicted molar refractivity (Wildman–Crippen MR) is 110 cm³/mol. The van der Waals surface area contributed by atoms with Gasteiger partial charge in [0.2, 0.25) is 11.8 Å². The van der Waals surface area contributed by atoms with Crippen LogP contribution in [0.1, 0.15) is 24.0 Å². The normalized spacial score (nSPS) is 14.0. The van der Waals surface area contributed by atoms with E-state index in [1.807, 2.05) is 31.2 Å². The van der Waals surface area contributed by atoms with E-state index in [1.165, 1.54) is 23.9 Å². The summed E-state index contributed by atoms with van der Waals surface area (Å²) in [5, 5.41) is 5.50. The standard InChI is InChI=1S/C20H22N2O4S2/c1-14-4-2-3-5-15(14)13-21-19(23)9-11-28(25,26)16-6-7-18-17(12-16)22-20(24)8-10-27-18/h2-7,12H,8-11,13H2,1H3,(H,21,23)(H,22,24). The summed E-state index contributed by atoms with van der Waals surface area (Å²) in [6.07, 6.45) is 0.273. The summed E-state index contributed by atoms with van der Waals surface area (Å²) in [5.74, 6) is -0.0693. The number of benzene rings is 2. The van der Waals surface area contributed by atoms with E-state index in [2.05, 4.69) is 10.6 Å². The number of amides is 2. The summed E-state index contributed by atoms with van der Waals surface area (Å²) in [6.45, 7) is 2.33. The first-order valence-electron chi connectivity index (χ1n) is 8.96. The van der Waals surface area contributed by atoms with Crippen LogP contribution in [0.4, 0.5) is 5.69 Å². The quantitative estimate of drug-likeness (QED) is 0.753. The second kappa shape index (κ2) is 8.79. The third-order valence-electron chi connectivity index (χ3n) is 4.51. The molecule has 0 fully saturated rings. The number of rotatable bonds is 6. The lowest BCUT2D eigenvalue weighted by Gasteiger charge is -2.11. The van der Waals surface area contributed by atoms with E-state index < -0.39 is 9.84 Å². The second-order valence-corrected chi connectivity index (χ2v) is 9.82. The number of hydrogen-bond acceptors (Lipinski definition) is 5. The van der Waals surface area contributed by atoms with Crippen molar-refractivity contribution in [2.45, 2.75) is 36.1 Å². The van der Waals surface area contributed by atoms with Gasteiger partial charge in [0.1, 0.15) is 0 Å². The Bertz CT molecular complexity index is 1000. The molecule has 2 aromatic carbocycles. The predicted octanol–water partition coefficient (Wildman–Crippen LogP) is 2.91. The van der Waals surface area contributed by atoms with Crippen molar-refractivity contribution >= 4 is 39.1 Å². The lowest BCUT2D eigenvalue weighted by Crippen LogP contribution is -2.25. The molecule has 0 unspecified atom stereocenters. The third-order valence-corrected chi connectivity index (χ3v) is 7.30. The van der Waals surface area contributed by atoms with E-state index in [-0.39, 0.29) is 28.9 Å². The summed E-state index contributed by atoms with van der Waals surface area (Å²) < 4.78 is 25.2. The average molecular weight is 419 g/mol. The van der Waals surface area contributed by atoms with Crippen LogP contribution >= 0.6 is 11.8 Å². The third kappa shape index (κ3) is 5.14. The van der Waals surface area contributed by atoms with Crippen LogP contribution in [0, 0.1) is 6.92 Å². The van der Waals surface area contributed by atoms with Crippen LogP contribution in [0.15, 0.2) is 52.3 Å². The highest BCUT2D eigenvalue weighted by Gasteiger charge is 2.20. The highest BCUT2D eigenvalue weighted by Crippen LogP contribution is 2.32. The van der Waals surface area contributed by atoms with Crippen molar-refractivity contribution in [3.05, 3.63) is 53.6 Å². The molecule has 0 atom stereocenters. The molecule has 2 aromatic rings. The molecule has 0 bridgehead atoms. The molecule has 1 aliphatic heterocycles. The topological polar surface area (TPSA) is 92.3 Å². The van der Waals surface area contributed by atoms with Gasteiger partial charge in [-0.25, -0.2) is 8.42 Å². The van der Waals surface area contributed by atoms with E-state index in [0.29, 0.717) is 24.4 Å². The van der Waals surface area contributed by atoms with E-state index >= 15 is 0 Å². The average Bonchev–Trinajstić information content (AvgIpc) is 2.85. The Kier molecular flexibility index (Phi) is 6.41. The second-order valence-electron chi connectivity index (χ2n) is 6.58. The van der Waals surface area contributed by atoms with Crippen molar-refractivity contribution in [1.29, 1.82) is 0 Å². The first kappa shape index (κ1) is 20.4. The molecule has 148 valence electrons. The lowest BCUT2D eigenvalue weighted by atomic mass is 10.1. The van der Waals surface area contributed by atoms with Gasteiger partial charge < -0.3 is 10.6 Å². The molecular weight excluding hydrogens is 396 g/mol. The molecular formula is C20H22N2O4S2. The Morgan fingerprint density at radius 1 is 1.21 bits per heavy atom. The molecule has 1 aliphatic rings. The first-order chi connectivity index (χ1) is 13.3. The molecule has 28 heavy (non-hydrogen) atoms. The number of hydrogen-bond donors (Lipinski definition) is 2. The highest BCUT2D eigenvalue weighted by atomic mass is 32.2. The number of thioether (sulfide) groups is 1. The van der Waals surface area contributed by atoms with Gasteiger partial charge in [-0.05, 0) is 36.2 Å².